The fraction of sp³-hybridized carbons (Fsp3) is 0.419. The van der Waals surface area contributed by atoms with Crippen molar-refractivity contribution in [2.75, 3.05) is 13.9 Å². The van der Waals surface area contributed by atoms with E-state index in [1.807, 2.05) is 18.2 Å². The van der Waals surface area contributed by atoms with Gasteiger partial charge in [0.2, 0.25) is 6.79 Å². The molecule has 0 N–H and O–H groups in total. The zero-order chi connectivity index (χ0) is 25.6. The number of hydrogen-bond acceptors (Lipinski definition) is 6. The second-order valence-electron chi connectivity index (χ2n) is 11.6. The number of rotatable bonds is 3. The molecule has 0 saturated heterocycles. The number of fused-ring (bicyclic) bond motifs is 10. The SMILES string of the molecule is COc1ccc2c(c1)CC[C@@H]1[C@@H]2CC[C@]2(C)c3c(sc4ncn(Cc5ccc6c(c5)OCO6)c(=O)c34)C[C@H]12. The van der Waals surface area contributed by atoms with Gasteiger partial charge in [0, 0.05) is 4.88 Å². The highest BCUT2D eigenvalue weighted by Gasteiger charge is 2.54. The second kappa shape index (κ2) is 8.09. The number of ether oxygens (including phenoxy) is 3. The minimum Gasteiger partial charge on any atom is -0.497 e. The monoisotopic (exact) mass is 526 g/mol. The molecule has 1 fully saturated rings. The molecule has 2 aromatic carbocycles. The molecule has 3 aliphatic carbocycles. The Morgan fingerprint density at radius 3 is 2.95 bits per heavy atom. The Morgan fingerprint density at radius 1 is 1.16 bits per heavy atom. The van der Waals surface area contributed by atoms with Gasteiger partial charge in [-0.25, -0.2) is 4.98 Å². The van der Waals surface area contributed by atoms with Crippen LogP contribution in [0.1, 0.15) is 59.2 Å². The van der Waals surface area contributed by atoms with Crippen molar-refractivity contribution >= 4 is 21.6 Å². The molecule has 2 aromatic heterocycles. The zero-order valence-electron chi connectivity index (χ0n) is 21.7. The first-order valence-corrected chi connectivity index (χ1v) is 14.4. The molecule has 0 unspecified atom stereocenters. The molecule has 0 bridgehead atoms. The summed E-state index contributed by atoms with van der Waals surface area (Å²) in [7, 11) is 1.75. The van der Waals surface area contributed by atoms with E-state index in [1.54, 1.807) is 29.3 Å². The summed E-state index contributed by atoms with van der Waals surface area (Å²) in [5, 5.41) is 0.859. The Hall–Kier alpha value is -3.32. The summed E-state index contributed by atoms with van der Waals surface area (Å²) in [5.41, 5.74) is 5.40. The van der Waals surface area contributed by atoms with Crippen LogP contribution in [0.5, 0.6) is 17.2 Å². The van der Waals surface area contributed by atoms with Crippen LogP contribution in [0, 0.1) is 11.8 Å². The number of hydrogen-bond donors (Lipinski definition) is 0. The summed E-state index contributed by atoms with van der Waals surface area (Å²) in [6.07, 6.45) is 7.38. The van der Waals surface area contributed by atoms with Crippen LogP contribution in [0.2, 0.25) is 0 Å². The van der Waals surface area contributed by atoms with Crippen molar-refractivity contribution in [3.05, 3.63) is 80.2 Å². The Morgan fingerprint density at radius 2 is 2.05 bits per heavy atom. The maximum atomic E-state index is 14.0. The summed E-state index contributed by atoms with van der Waals surface area (Å²) in [6, 6.07) is 12.6. The topological polar surface area (TPSA) is 62.6 Å². The molecular formula is C31H30N2O4S. The maximum Gasteiger partial charge on any atom is 0.262 e. The summed E-state index contributed by atoms with van der Waals surface area (Å²) in [6.45, 7) is 3.15. The van der Waals surface area contributed by atoms with Crippen molar-refractivity contribution in [2.45, 2.75) is 56.9 Å². The van der Waals surface area contributed by atoms with E-state index in [-0.39, 0.29) is 17.8 Å². The maximum absolute atomic E-state index is 14.0. The Kier molecular flexibility index (Phi) is 4.82. The molecule has 1 aliphatic heterocycles. The molecule has 1 saturated carbocycles. The minimum atomic E-state index is 0.0253. The lowest BCUT2D eigenvalue weighted by molar-refractivity contribution is 0.106. The van der Waals surface area contributed by atoms with Crippen molar-refractivity contribution in [2.24, 2.45) is 11.8 Å². The summed E-state index contributed by atoms with van der Waals surface area (Å²) in [5.74, 6) is 4.27. The van der Waals surface area contributed by atoms with E-state index in [1.165, 1.54) is 34.4 Å². The lowest BCUT2D eigenvalue weighted by Gasteiger charge is -2.49. The van der Waals surface area contributed by atoms with Crippen molar-refractivity contribution in [3.63, 3.8) is 0 Å². The zero-order valence-corrected chi connectivity index (χ0v) is 22.5. The van der Waals surface area contributed by atoms with Crippen LogP contribution in [0.25, 0.3) is 10.2 Å². The van der Waals surface area contributed by atoms with Crippen LogP contribution in [-0.2, 0) is 24.8 Å². The van der Waals surface area contributed by atoms with Gasteiger partial charge in [0.15, 0.2) is 11.5 Å². The quantitative estimate of drug-likeness (QED) is 0.337. The van der Waals surface area contributed by atoms with Gasteiger partial charge in [0.05, 0.1) is 25.4 Å². The van der Waals surface area contributed by atoms with Crippen LogP contribution in [0.15, 0.2) is 47.5 Å². The van der Waals surface area contributed by atoms with Crippen molar-refractivity contribution in [1.82, 2.24) is 9.55 Å². The highest BCUT2D eigenvalue weighted by atomic mass is 32.1. The van der Waals surface area contributed by atoms with Gasteiger partial charge in [0.1, 0.15) is 10.6 Å². The molecule has 0 amide bonds. The molecule has 0 radical (unpaired) electrons. The third kappa shape index (κ3) is 3.11. The summed E-state index contributed by atoms with van der Waals surface area (Å²) >= 11 is 1.75. The standard InChI is InChI=1S/C31H30N2O4S/c1-31-10-9-21-20-7-5-19(35-2)12-18(20)4-6-22(21)23(31)13-26-28(31)27-29(38-26)32-15-33(30(27)34)14-17-3-8-24-25(11-17)37-16-36-24/h3,5,7-8,11-12,15,21-23H,4,6,9-10,13-14,16H2,1-2H3/t21-,22-,23-,31+/m1/s1. The van der Waals surface area contributed by atoms with Crippen LogP contribution in [0.3, 0.4) is 0 Å². The fourth-order valence-electron chi connectivity index (χ4n) is 8.06. The van der Waals surface area contributed by atoms with Crippen LogP contribution >= 0.6 is 11.3 Å². The molecule has 3 heterocycles. The van der Waals surface area contributed by atoms with E-state index in [2.05, 4.69) is 25.1 Å². The molecule has 4 aromatic rings. The van der Waals surface area contributed by atoms with Gasteiger partial charge in [-0.2, -0.15) is 0 Å². The molecule has 8 rings (SSSR count). The Labute approximate surface area is 225 Å². The van der Waals surface area contributed by atoms with Gasteiger partial charge in [-0.3, -0.25) is 9.36 Å². The van der Waals surface area contributed by atoms with E-state index in [9.17, 15) is 4.79 Å². The third-order valence-electron chi connectivity index (χ3n) is 9.84. The average Bonchev–Trinajstić information content (AvgIpc) is 3.62. The van der Waals surface area contributed by atoms with Gasteiger partial charge in [0.25, 0.3) is 5.56 Å². The normalized spacial score (nSPS) is 26.5. The molecule has 4 atom stereocenters. The number of nitrogens with zero attached hydrogens (tertiary/aromatic N) is 2. The lowest BCUT2D eigenvalue weighted by Crippen LogP contribution is -2.43. The van der Waals surface area contributed by atoms with Gasteiger partial charge in [-0.05, 0) is 102 Å². The Balaban J connectivity index is 1.16. The van der Waals surface area contributed by atoms with E-state index < -0.39 is 0 Å². The molecule has 194 valence electrons. The van der Waals surface area contributed by atoms with Crippen molar-refractivity contribution in [3.8, 4) is 17.2 Å². The first-order chi connectivity index (χ1) is 18.5. The molecule has 38 heavy (non-hydrogen) atoms. The van der Waals surface area contributed by atoms with E-state index in [0.717, 1.165) is 52.3 Å². The number of benzene rings is 2. The molecular weight excluding hydrogens is 496 g/mol. The van der Waals surface area contributed by atoms with Crippen LogP contribution < -0.4 is 19.8 Å². The molecule has 0 spiro atoms. The number of aryl methyl sites for hydroxylation is 1. The van der Waals surface area contributed by atoms with Gasteiger partial charge < -0.3 is 14.2 Å². The van der Waals surface area contributed by atoms with Gasteiger partial charge >= 0.3 is 0 Å². The number of thiophene rings is 1. The van der Waals surface area contributed by atoms with E-state index >= 15 is 0 Å². The molecule has 7 heteroatoms. The third-order valence-corrected chi connectivity index (χ3v) is 11.0. The fourth-order valence-corrected chi connectivity index (χ4v) is 9.39. The van der Waals surface area contributed by atoms with Crippen LogP contribution in [0.4, 0.5) is 0 Å². The number of methoxy groups -OCH3 is 1. The number of aromatic nitrogens is 2. The first-order valence-electron chi connectivity index (χ1n) is 13.6. The summed E-state index contributed by atoms with van der Waals surface area (Å²) < 4.78 is 18.3. The molecule has 6 nitrogen and oxygen atoms in total. The molecule has 4 aliphatic rings. The first kappa shape index (κ1) is 22.6. The van der Waals surface area contributed by atoms with E-state index in [4.69, 9.17) is 19.2 Å². The predicted octanol–water partition coefficient (Wildman–Crippen LogP) is 5.81. The minimum absolute atomic E-state index is 0.0253. The highest BCUT2D eigenvalue weighted by molar-refractivity contribution is 7.18. The van der Waals surface area contributed by atoms with Crippen LogP contribution in [-0.4, -0.2) is 23.5 Å². The van der Waals surface area contributed by atoms with Gasteiger partial charge in [-0.1, -0.05) is 19.1 Å². The Bertz CT molecular complexity index is 1670. The lowest BCUT2D eigenvalue weighted by atomic mass is 9.55. The summed E-state index contributed by atoms with van der Waals surface area (Å²) in [4.78, 5) is 21.0. The van der Waals surface area contributed by atoms with Crippen molar-refractivity contribution in [1.29, 1.82) is 0 Å². The van der Waals surface area contributed by atoms with E-state index in [0.29, 0.717) is 24.3 Å². The smallest absolute Gasteiger partial charge is 0.262 e. The average molecular weight is 527 g/mol. The second-order valence-corrected chi connectivity index (χ2v) is 12.7. The van der Waals surface area contributed by atoms with Gasteiger partial charge in [-0.15, -0.1) is 11.3 Å². The highest BCUT2D eigenvalue weighted by Crippen LogP contribution is 2.62. The predicted molar refractivity (Wildman–Crippen MR) is 147 cm³/mol. The largest absolute Gasteiger partial charge is 0.497 e. The van der Waals surface area contributed by atoms with Crippen molar-refractivity contribution < 1.29 is 14.2 Å².